The number of amides is 2. The van der Waals surface area contributed by atoms with Crippen LogP contribution >= 0.6 is 0 Å². The summed E-state index contributed by atoms with van der Waals surface area (Å²) in [6.07, 6.45) is 1.69. The van der Waals surface area contributed by atoms with Gasteiger partial charge in [-0.15, -0.1) is 0 Å². The molecule has 0 aromatic heterocycles. The number of carbonyl (C=O) groups excluding carboxylic acids is 2. The van der Waals surface area contributed by atoms with E-state index in [9.17, 15) is 14.7 Å². The molecule has 0 spiro atoms. The fourth-order valence-corrected chi connectivity index (χ4v) is 4.71. The Kier molecular flexibility index (Phi) is 12.2. The van der Waals surface area contributed by atoms with E-state index < -0.39 is 12.1 Å². The Morgan fingerprint density at radius 3 is 2.40 bits per heavy atom. The summed E-state index contributed by atoms with van der Waals surface area (Å²) in [5.74, 6) is 0.554. The van der Waals surface area contributed by atoms with Crippen LogP contribution in [0.25, 0.3) is 0 Å². The molecule has 3 aromatic carbocycles. The number of carbonyl (C=O) groups is 2. The van der Waals surface area contributed by atoms with Crippen LogP contribution in [0.5, 0.6) is 5.75 Å². The zero-order valence-corrected chi connectivity index (χ0v) is 24.2. The molecule has 0 heterocycles. The average molecular weight is 546 g/mol. The van der Waals surface area contributed by atoms with Crippen molar-refractivity contribution in [2.45, 2.75) is 65.1 Å². The van der Waals surface area contributed by atoms with Crippen molar-refractivity contribution in [3.63, 3.8) is 0 Å². The minimum absolute atomic E-state index is 0.0563. The van der Waals surface area contributed by atoms with Gasteiger partial charge >= 0.3 is 0 Å². The topological polar surface area (TPSA) is 90.9 Å². The molecule has 40 heavy (non-hydrogen) atoms. The zero-order valence-electron chi connectivity index (χ0n) is 24.2. The first-order chi connectivity index (χ1) is 19.3. The molecular formula is C33H43N3O4. The van der Waals surface area contributed by atoms with Crippen LogP contribution in [0.2, 0.25) is 0 Å². The number of benzene rings is 3. The van der Waals surface area contributed by atoms with Crippen molar-refractivity contribution in [3.05, 3.63) is 95.1 Å². The summed E-state index contributed by atoms with van der Waals surface area (Å²) in [4.78, 5) is 28.1. The number of ether oxygens (including phenoxy) is 1. The maximum Gasteiger partial charge on any atom is 0.251 e. The third-order valence-electron chi connectivity index (χ3n) is 6.74. The summed E-state index contributed by atoms with van der Waals surface area (Å²) in [5.41, 5.74) is 4.15. The van der Waals surface area contributed by atoms with E-state index in [0.717, 1.165) is 41.0 Å². The highest BCUT2D eigenvalue weighted by atomic mass is 16.5. The molecule has 0 radical (unpaired) electrons. The number of nitrogens with one attached hydrogen (secondary N) is 2. The molecule has 0 saturated heterocycles. The Labute approximate surface area is 238 Å². The zero-order chi connectivity index (χ0) is 28.9. The van der Waals surface area contributed by atoms with Gasteiger partial charge in [0.25, 0.3) is 5.91 Å². The van der Waals surface area contributed by atoms with Crippen LogP contribution in [0.3, 0.4) is 0 Å². The largest absolute Gasteiger partial charge is 0.497 e. The van der Waals surface area contributed by atoms with E-state index in [2.05, 4.69) is 10.6 Å². The van der Waals surface area contributed by atoms with Gasteiger partial charge in [-0.25, -0.2) is 0 Å². The fraction of sp³-hybridized carbons (Fsp3) is 0.394. The van der Waals surface area contributed by atoms with E-state index in [1.54, 1.807) is 18.1 Å². The minimum atomic E-state index is -0.832. The predicted octanol–water partition coefficient (Wildman–Crippen LogP) is 5.04. The Morgan fingerprint density at radius 1 is 0.950 bits per heavy atom. The van der Waals surface area contributed by atoms with Gasteiger partial charge in [0.15, 0.2) is 0 Å². The highest BCUT2D eigenvalue weighted by Crippen LogP contribution is 2.22. The molecule has 7 nitrogen and oxygen atoms in total. The van der Waals surface area contributed by atoms with Crippen LogP contribution in [0, 0.1) is 6.92 Å². The van der Waals surface area contributed by atoms with Gasteiger partial charge < -0.3 is 25.4 Å². The number of nitrogens with zero attached hydrogens (tertiary/aromatic N) is 1. The van der Waals surface area contributed by atoms with Crippen molar-refractivity contribution in [2.24, 2.45) is 0 Å². The number of aliphatic hydroxyl groups is 1. The molecule has 0 aliphatic rings. The minimum Gasteiger partial charge on any atom is -0.497 e. The molecule has 0 aliphatic carbocycles. The van der Waals surface area contributed by atoms with Crippen molar-refractivity contribution >= 4 is 17.5 Å². The van der Waals surface area contributed by atoms with Gasteiger partial charge in [0, 0.05) is 37.3 Å². The summed E-state index contributed by atoms with van der Waals surface area (Å²) >= 11 is 0. The van der Waals surface area contributed by atoms with Crippen LogP contribution in [0.1, 0.15) is 60.2 Å². The Bertz CT molecular complexity index is 1230. The van der Waals surface area contributed by atoms with Gasteiger partial charge in [-0.05, 0) is 73.2 Å². The number of rotatable bonds is 15. The number of aryl methyl sites for hydroxylation is 1. The van der Waals surface area contributed by atoms with Crippen molar-refractivity contribution in [2.75, 3.05) is 25.1 Å². The van der Waals surface area contributed by atoms with Gasteiger partial charge in [0.2, 0.25) is 5.91 Å². The molecule has 0 unspecified atom stereocenters. The lowest BCUT2D eigenvalue weighted by Crippen LogP contribution is -2.48. The number of hydrogen-bond acceptors (Lipinski definition) is 5. The smallest absolute Gasteiger partial charge is 0.251 e. The predicted molar refractivity (Wildman–Crippen MR) is 161 cm³/mol. The van der Waals surface area contributed by atoms with Crippen molar-refractivity contribution in [1.82, 2.24) is 10.6 Å². The van der Waals surface area contributed by atoms with E-state index in [1.165, 1.54) is 0 Å². The quantitative estimate of drug-likeness (QED) is 0.249. The average Bonchev–Trinajstić information content (AvgIpc) is 2.95. The molecule has 3 rings (SSSR count). The number of methoxy groups -OCH3 is 1. The van der Waals surface area contributed by atoms with E-state index >= 15 is 0 Å². The van der Waals surface area contributed by atoms with Gasteiger partial charge in [-0.1, -0.05) is 56.3 Å². The molecule has 0 bridgehead atoms. The molecule has 3 N–H and O–H groups in total. The first kappa shape index (κ1) is 30.9. The van der Waals surface area contributed by atoms with Gasteiger partial charge in [-0.3, -0.25) is 9.59 Å². The van der Waals surface area contributed by atoms with E-state index in [4.69, 9.17) is 4.74 Å². The first-order valence-corrected chi connectivity index (χ1v) is 14.1. The number of hydrogen-bond donors (Lipinski definition) is 3. The Morgan fingerprint density at radius 2 is 1.70 bits per heavy atom. The Balaban J connectivity index is 1.77. The molecule has 0 aliphatic heterocycles. The first-order valence-electron chi connectivity index (χ1n) is 14.1. The SMILES string of the molecule is CCCC(=O)N(CCC)c1cc(C)cc(C(=O)N[C@@H](Cc2ccccc2)[C@H](O)CNCc2cccc(OC)c2)c1. The third kappa shape index (κ3) is 9.21. The van der Waals surface area contributed by atoms with Crippen LogP contribution in [-0.2, 0) is 17.8 Å². The Hall–Kier alpha value is -3.68. The molecule has 0 fully saturated rings. The van der Waals surface area contributed by atoms with Crippen LogP contribution < -0.4 is 20.3 Å². The van der Waals surface area contributed by atoms with Crippen LogP contribution in [-0.4, -0.2) is 49.3 Å². The van der Waals surface area contributed by atoms with Gasteiger partial charge in [0.1, 0.15) is 5.75 Å². The van der Waals surface area contributed by atoms with Crippen molar-refractivity contribution < 1.29 is 19.4 Å². The summed E-state index contributed by atoms with van der Waals surface area (Å²) in [7, 11) is 1.63. The van der Waals surface area contributed by atoms with Crippen molar-refractivity contribution in [1.29, 1.82) is 0 Å². The molecule has 3 aromatic rings. The summed E-state index contributed by atoms with van der Waals surface area (Å²) in [6, 6.07) is 22.6. The second-order valence-electron chi connectivity index (χ2n) is 10.2. The maximum absolute atomic E-state index is 13.5. The number of aliphatic hydroxyl groups excluding tert-OH is 1. The summed E-state index contributed by atoms with van der Waals surface area (Å²) in [6.45, 7) is 7.39. The van der Waals surface area contributed by atoms with Gasteiger partial charge in [-0.2, -0.15) is 0 Å². The lowest BCUT2D eigenvalue weighted by molar-refractivity contribution is -0.118. The van der Waals surface area contributed by atoms with Crippen LogP contribution in [0.15, 0.2) is 72.8 Å². The monoisotopic (exact) mass is 545 g/mol. The molecule has 7 heteroatoms. The van der Waals surface area contributed by atoms with Crippen LogP contribution in [0.4, 0.5) is 5.69 Å². The molecule has 2 amide bonds. The normalized spacial score (nSPS) is 12.4. The lowest BCUT2D eigenvalue weighted by atomic mass is 10.00. The highest BCUT2D eigenvalue weighted by Gasteiger charge is 2.24. The fourth-order valence-electron chi connectivity index (χ4n) is 4.71. The third-order valence-corrected chi connectivity index (χ3v) is 6.74. The standard InChI is InChI=1S/C33H43N3O4/c1-5-11-32(38)36(16-6-2)28-18-24(3)17-27(21-28)33(39)35-30(20-25-12-8-7-9-13-25)31(37)23-34-22-26-14-10-15-29(19-26)40-4/h7-10,12-15,17-19,21,30-31,34,37H,5-6,11,16,20,22-23H2,1-4H3,(H,35,39)/t30-,31+/m0/s1. The summed E-state index contributed by atoms with van der Waals surface area (Å²) < 4.78 is 5.30. The van der Waals surface area contributed by atoms with E-state index in [1.807, 2.05) is 87.5 Å². The second kappa shape index (κ2) is 15.8. The lowest BCUT2D eigenvalue weighted by Gasteiger charge is -2.26. The second-order valence-corrected chi connectivity index (χ2v) is 10.2. The molecule has 2 atom stereocenters. The molecule has 0 saturated carbocycles. The highest BCUT2D eigenvalue weighted by molar-refractivity contribution is 5.98. The van der Waals surface area contributed by atoms with Crippen molar-refractivity contribution in [3.8, 4) is 5.75 Å². The maximum atomic E-state index is 13.5. The molecule has 214 valence electrons. The summed E-state index contributed by atoms with van der Waals surface area (Å²) in [5, 5.41) is 17.6. The molecular weight excluding hydrogens is 502 g/mol. The number of anilines is 1. The van der Waals surface area contributed by atoms with Gasteiger partial charge in [0.05, 0.1) is 19.3 Å². The van der Waals surface area contributed by atoms with E-state index in [-0.39, 0.29) is 11.8 Å². The van der Waals surface area contributed by atoms with E-state index in [0.29, 0.717) is 38.0 Å².